The summed E-state index contributed by atoms with van der Waals surface area (Å²) >= 11 is 0.516. The number of nitrogens with zero attached hydrogens (tertiary/aromatic N) is 6. The predicted molar refractivity (Wildman–Crippen MR) is 194 cm³/mol. The van der Waals surface area contributed by atoms with Crippen molar-refractivity contribution in [2.24, 2.45) is 20.5 Å². The Morgan fingerprint density at radius 3 is 2.30 bits per heavy atom. The van der Waals surface area contributed by atoms with E-state index in [4.69, 9.17) is 25.2 Å². The lowest BCUT2D eigenvalue weighted by Gasteiger charge is -2.12. The third-order valence-corrected chi connectivity index (χ3v) is 10.7. The van der Waals surface area contributed by atoms with Crippen LogP contribution in [0.25, 0.3) is 10.8 Å². The third kappa shape index (κ3) is 10.8. The molecule has 4 aromatic carbocycles. The van der Waals surface area contributed by atoms with Crippen LogP contribution in [0.1, 0.15) is 0 Å². The largest absolute Gasteiger partial charge is 0.505 e. The van der Waals surface area contributed by atoms with E-state index in [1.165, 1.54) is 37.4 Å². The second-order valence-corrected chi connectivity index (χ2v) is 15.4. The number of hydrogen-bond donors (Lipinski definition) is 6. The Balaban J connectivity index is 1.56. The van der Waals surface area contributed by atoms with Crippen LogP contribution in [-0.2, 0) is 42.9 Å². The maximum absolute atomic E-state index is 13.6. The normalized spacial score (nSPS) is 12.2. The highest BCUT2D eigenvalue weighted by Crippen LogP contribution is 2.48. The number of nitrogens with two attached hydrogens (primary N) is 1. The molecule has 28 heteroatoms. The number of phenolic OH excluding ortho intramolecular Hbond substituents is 1. The van der Waals surface area contributed by atoms with Gasteiger partial charge >= 0.3 is 6.08 Å². The molecule has 0 saturated heterocycles. The number of hydrogen-bond acceptors (Lipinski definition) is 23. The number of phenols is 1. The van der Waals surface area contributed by atoms with Crippen molar-refractivity contribution >= 4 is 95.0 Å². The lowest BCUT2D eigenvalue weighted by Crippen LogP contribution is -2.11. The molecule has 0 atom stereocenters. The van der Waals surface area contributed by atoms with E-state index in [1.54, 1.807) is 0 Å². The summed E-state index contributed by atoms with van der Waals surface area (Å²) in [7, 11) is -7.62. The summed E-state index contributed by atoms with van der Waals surface area (Å²) in [5.41, 5.74) is 5.06. The van der Waals surface area contributed by atoms with Crippen LogP contribution in [0, 0.1) is 12.0 Å². The molecule has 0 aliphatic rings. The molecule has 0 aliphatic heterocycles. The van der Waals surface area contributed by atoms with E-state index in [1.807, 2.05) is 0 Å². The molecule has 57 heavy (non-hydrogen) atoms. The number of fused-ring (bicyclic) bond motifs is 1. The molecule has 0 bridgehead atoms. The SMILES string of the molecule is COc1ccc(S(=O)(=O)CCOSOOO)cc1N=Nc1c(SOOO)cc2c(N=Nc3cc(Nc4cc(F)nc(F)n4)ccc3S(=O)(=O)O)c(N)ccc2c1O. The maximum Gasteiger partial charge on any atom is 0.313 e. The number of halogens is 2. The van der Waals surface area contributed by atoms with Gasteiger partial charge in [-0.25, -0.2) is 18.9 Å². The summed E-state index contributed by atoms with van der Waals surface area (Å²) < 4.78 is 106. The van der Waals surface area contributed by atoms with Gasteiger partial charge in [0.15, 0.2) is 27.9 Å². The summed E-state index contributed by atoms with van der Waals surface area (Å²) in [6.07, 6.45) is -1.39. The number of sulfone groups is 1. The first-order chi connectivity index (χ1) is 27.1. The van der Waals surface area contributed by atoms with Crippen LogP contribution in [0.4, 0.5) is 48.7 Å². The van der Waals surface area contributed by atoms with Crippen LogP contribution in [-0.4, -0.2) is 66.4 Å². The molecular weight excluding hydrogens is 851 g/mol. The lowest BCUT2D eigenvalue weighted by molar-refractivity contribution is -0.434. The van der Waals surface area contributed by atoms with Crippen molar-refractivity contribution in [2.45, 2.75) is 14.7 Å². The summed E-state index contributed by atoms with van der Waals surface area (Å²) in [6, 6.07) is 11.5. The Morgan fingerprint density at radius 2 is 1.60 bits per heavy atom. The summed E-state index contributed by atoms with van der Waals surface area (Å²) in [5.74, 6) is -2.60. The highest BCUT2D eigenvalue weighted by molar-refractivity contribution is 7.94. The molecular formula is C29H24F2N8O14S4. The minimum Gasteiger partial charge on any atom is -0.505 e. The number of azo groups is 2. The van der Waals surface area contributed by atoms with Gasteiger partial charge in [-0.2, -0.15) is 27.2 Å². The molecule has 0 amide bonds. The summed E-state index contributed by atoms with van der Waals surface area (Å²) in [6.45, 7) is -0.371. The Bertz CT molecular complexity index is 2550. The average Bonchev–Trinajstić information content (AvgIpc) is 3.15. The standard InChI is InChI=1S/C29H24F2N8O14S4/c1-48-21-6-3-15(56(43,44)9-8-49-55-53-51-42)11-19(21)36-39-27-22(54-52-50-41)12-17-16(28(27)40)4-5-18(32)26(17)38-37-20-10-14(2-7-23(20)57(45,46)47)33-25-13-24(30)34-29(31)35-25/h2-7,10-13,40-42H,8-9,32H2,1H3,(H,33,34,35)(H,45,46,47). The first kappa shape index (κ1) is 42.9. The van der Waals surface area contributed by atoms with E-state index >= 15 is 0 Å². The fourth-order valence-electron chi connectivity index (χ4n) is 4.71. The Hall–Kier alpha value is -5.24. The summed E-state index contributed by atoms with van der Waals surface area (Å²) in [4.78, 5) is 5.22. The van der Waals surface area contributed by atoms with Crippen molar-refractivity contribution < 1.29 is 73.5 Å². The molecule has 1 aromatic heterocycles. The van der Waals surface area contributed by atoms with Crippen molar-refractivity contribution in [3.63, 3.8) is 0 Å². The van der Waals surface area contributed by atoms with Crippen LogP contribution in [0.3, 0.4) is 0 Å². The molecule has 5 rings (SSSR count). The van der Waals surface area contributed by atoms with Crippen molar-refractivity contribution in [1.82, 2.24) is 9.97 Å². The van der Waals surface area contributed by atoms with Crippen molar-refractivity contribution in [1.29, 1.82) is 0 Å². The molecule has 0 aliphatic carbocycles. The fraction of sp³-hybridized carbons (Fsp3) is 0.103. The molecule has 0 saturated carbocycles. The van der Waals surface area contributed by atoms with Gasteiger partial charge in [0.25, 0.3) is 10.1 Å². The van der Waals surface area contributed by atoms with E-state index in [-0.39, 0.29) is 79.5 Å². The first-order valence-electron chi connectivity index (χ1n) is 15.0. The summed E-state index contributed by atoms with van der Waals surface area (Å²) in [5, 5.41) is 54.3. The molecule has 1 heterocycles. The first-order valence-corrected chi connectivity index (χ1v) is 19.5. The third-order valence-electron chi connectivity index (χ3n) is 7.13. The van der Waals surface area contributed by atoms with Crippen LogP contribution in [0.15, 0.2) is 95.8 Å². The zero-order valence-corrected chi connectivity index (χ0v) is 31.5. The molecule has 0 unspecified atom stereocenters. The molecule has 0 radical (unpaired) electrons. The van der Waals surface area contributed by atoms with Crippen LogP contribution in [0.2, 0.25) is 0 Å². The molecule has 7 N–H and O–H groups in total. The van der Waals surface area contributed by atoms with Gasteiger partial charge in [0.1, 0.15) is 39.2 Å². The number of nitrogens with one attached hydrogen (secondary N) is 1. The second-order valence-electron chi connectivity index (χ2n) is 10.6. The minimum absolute atomic E-state index is 0.00000642. The number of benzene rings is 4. The van der Waals surface area contributed by atoms with E-state index in [0.717, 1.165) is 30.3 Å². The maximum atomic E-state index is 13.6. The monoisotopic (exact) mass is 874 g/mol. The zero-order chi connectivity index (χ0) is 41.3. The molecule has 0 fully saturated rings. The molecule has 302 valence electrons. The average molecular weight is 875 g/mol. The Kier molecular flexibility index (Phi) is 14.1. The minimum atomic E-state index is -4.92. The highest BCUT2D eigenvalue weighted by Gasteiger charge is 2.22. The van der Waals surface area contributed by atoms with Gasteiger partial charge in [-0.1, -0.05) is 10.1 Å². The van der Waals surface area contributed by atoms with E-state index in [2.05, 4.69) is 54.5 Å². The zero-order valence-electron chi connectivity index (χ0n) is 28.2. The number of rotatable bonds is 18. The van der Waals surface area contributed by atoms with Crippen LogP contribution in [0.5, 0.6) is 11.5 Å². The molecule has 0 spiro atoms. The lowest BCUT2D eigenvalue weighted by atomic mass is 10.1. The van der Waals surface area contributed by atoms with Crippen LogP contribution >= 0.6 is 24.4 Å². The van der Waals surface area contributed by atoms with Crippen molar-refractivity contribution in [3.8, 4) is 11.5 Å². The number of anilines is 3. The van der Waals surface area contributed by atoms with Crippen molar-refractivity contribution in [2.75, 3.05) is 30.5 Å². The smallest absolute Gasteiger partial charge is 0.313 e. The number of aromatic nitrogens is 2. The number of aromatic hydroxyl groups is 1. The topological polar surface area (TPSA) is 318 Å². The van der Waals surface area contributed by atoms with Gasteiger partial charge in [0.05, 0.1) is 47.0 Å². The number of methoxy groups -OCH3 is 1. The van der Waals surface area contributed by atoms with Gasteiger partial charge < -0.3 is 20.9 Å². The number of ether oxygens (including phenoxy) is 1. The number of nitrogen functional groups attached to an aromatic ring is 1. The molecule has 5 aromatic rings. The highest BCUT2D eigenvalue weighted by atomic mass is 32.2. The molecule has 22 nitrogen and oxygen atoms in total. The second kappa shape index (κ2) is 18.8. The quantitative estimate of drug-likeness (QED) is 0.00582. The van der Waals surface area contributed by atoms with E-state index in [0.29, 0.717) is 12.0 Å². The van der Waals surface area contributed by atoms with Crippen LogP contribution < -0.4 is 15.8 Å². The predicted octanol–water partition coefficient (Wildman–Crippen LogP) is 7.23. The van der Waals surface area contributed by atoms with Gasteiger partial charge in [-0.3, -0.25) is 8.74 Å². The Morgan fingerprint density at radius 1 is 0.860 bits per heavy atom. The Labute approximate surface area is 327 Å². The van der Waals surface area contributed by atoms with E-state index in [9.17, 15) is 35.3 Å². The van der Waals surface area contributed by atoms with Crippen molar-refractivity contribution in [3.05, 3.63) is 72.7 Å². The van der Waals surface area contributed by atoms with E-state index < -0.39 is 54.1 Å². The van der Waals surface area contributed by atoms with Gasteiger partial charge in [0.2, 0.25) is 5.95 Å². The fourth-order valence-corrected chi connectivity index (χ4v) is 7.23. The van der Waals surface area contributed by atoms with Gasteiger partial charge in [0, 0.05) is 22.5 Å². The van der Waals surface area contributed by atoms with Gasteiger partial charge in [-0.15, -0.1) is 29.1 Å². The van der Waals surface area contributed by atoms with Gasteiger partial charge in [-0.05, 0) is 54.6 Å².